The Morgan fingerprint density at radius 2 is 1.71 bits per heavy atom. The monoisotopic (exact) mass is 255 g/mol. The third-order valence-electron chi connectivity index (χ3n) is 2.01. The minimum Gasteiger partial charge on any atom is -0.481 e. The minimum absolute atomic E-state index is 0.115. The molecule has 1 unspecified atom stereocenters. The molecule has 0 rings (SSSR count). The van der Waals surface area contributed by atoms with E-state index in [2.05, 4.69) is 0 Å². The number of alkyl halides is 3. The van der Waals surface area contributed by atoms with Crippen molar-refractivity contribution in [3.05, 3.63) is 0 Å². The number of aliphatic carboxylic acids is 1. The Morgan fingerprint density at radius 3 is 2.00 bits per heavy atom. The Labute approximate surface area is 97.4 Å². The second-order valence-electron chi connectivity index (χ2n) is 4.29. The molecule has 1 amide bonds. The van der Waals surface area contributed by atoms with Gasteiger partial charge in [-0.3, -0.25) is 9.59 Å². The average Bonchev–Trinajstić information content (AvgIpc) is 2.11. The molecule has 0 aromatic rings. The number of rotatable bonds is 5. The zero-order valence-electron chi connectivity index (χ0n) is 9.91. The number of carbonyl (C=O) groups excluding carboxylic acids is 1. The molecule has 0 radical (unpaired) electrons. The first-order valence-electron chi connectivity index (χ1n) is 5.13. The molecule has 0 bridgehead atoms. The van der Waals surface area contributed by atoms with E-state index >= 15 is 0 Å². The van der Waals surface area contributed by atoms with Gasteiger partial charge in [0.2, 0.25) is 5.91 Å². The number of amides is 1. The molecule has 100 valence electrons. The minimum atomic E-state index is -4.53. The fraction of sp³-hybridized carbons (Fsp3) is 0.800. The van der Waals surface area contributed by atoms with Crippen LogP contribution in [-0.2, 0) is 9.59 Å². The Hall–Kier alpha value is -1.27. The maximum Gasteiger partial charge on any atom is 0.406 e. The van der Waals surface area contributed by atoms with Crippen molar-refractivity contribution in [2.24, 2.45) is 11.8 Å². The van der Waals surface area contributed by atoms with Crippen molar-refractivity contribution in [1.29, 1.82) is 0 Å². The second-order valence-corrected chi connectivity index (χ2v) is 4.29. The molecule has 0 aliphatic rings. The van der Waals surface area contributed by atoms with Gasteiger partial charge in [0.25, 0.3) is 0 Å². The number of nitrogens with zero attached hydrogens (tertiary/aromatic N) is 1. The largest absolute Gasteiger partial charge is 0.481 e. The molecule has 0 saturated carbocycles. The topological polar surface area (TPSA) is 57.6 Å². The van der Waals surface area contributed by atoms with Gasteiger partial charge < -0.3 is 10.0 Å². The van der Waals surface area contributed by atoms with Gasteiger partial charge in [-0.1, -0.05) is 13.8 Å². The number of hydrogen-bond donors (Lipinski definition) is 1. The van der Waals surface area contributed by atoms with Gasteiger partial charge in [0.05, 0.1) is 0 Å². The number of carbonyl (C=O) groups is 2. The first kappa shape index (κ1) is 15.7. The zero-order valence-corrected chi connectivity index (χ0v) is 9.91. The molecule has 1 atom stereocenters. The van der Waals surface area contributed by atoms with E-state index in [4.69, 9.17) is 5.11 Å². The third-order valence-corrected chi connectivity index (χ3v) is 2.01. The number of carboxylic acid groups (broad SMARTS) is 1. The van der Waals surface area contributed by atoms with Crippen LogP contribution in [0.15, 0.2) is 0 Å². The van der Waals surface area contributed by atoms with E-state index in [1.54, 1.807) is 13.8 Å². The van der Waals surface area contributed by atoms with Crippen molar-refractivity contribution in [2.75, 3.05) is 13.1 Å². The lowest BCUT2D eigenvalue weighted by Gasteiger charge is -2.27. The van der Waals surface area contributed by atoms with E-state index in [1.807, 2.05) is 0 Å². The second kappa shape index (κ2) is 5.88. The van der Waals surface area contributed by atoms with Gasteiger partial charge in [0.1, 0.15) is 12.5 Å². The summed E-state index contributed by atoms with van der Waals surface area (Å²) >= 11 is 0. The molecule has 0 heterocycles. The van der Waals surface area contributed by atoms with Crippen molar-refractivity contribution in [2.45, 2.75) is 26.9 Å². The van der Waals surface area contributed by atoms with Crippen LogP contribution in [0.3, 0.4) is 0 Å². The van der Waals surface area contributed by atoms with Crippen molar-refractivity contribution in [1.82, 2.24) is 4.90 Å². The number of halogens is 3. The molecule has 0 aromatic carbocycles. The fourth-order valence-electron chi connectivity index (χ4n) is 1.27. The van der Waals surface area contributed by atoms with Gasteiger partial charge in [0.15, 0.2) is 0 Å². The molecule has 0 aliphatic carbocycles. The van der Waals surface area contributed by atoms with Gasteiger partial charge in [-0.05, 0) is 12.8 Å². The molecule has 4 nitrogen and oxygen atoms in total. The highest BCUT2D eigenvalue weighted by molar-refractivity contribution is 5.96. The molecule has 0 aromatic heterocycles. The maximum absolute atomic E-state index is 12.2. The van der Waals surface area contributed by atoms with Crippen LogP contribution < -0.4 is 0 Å². The van der Waals surface area contributed by atoms with Gasteiger partial charge in [-0.2, -0.15) is 13.2 Å². The Kier molecular flexibility index (Phi) is 5.44. The predicted octanol–water partition coefficient (Wildman–Crippen LogP) is 1.75. The summed E-state index contributed by atoms with van der Waals surface area (Å²) in [5.41, 5.74) is 0. The van der Waals surface area contributed by atoms with Crippen LogP contribution in [0.4, 0.5) is 13.2 Å². The van der Waals surface area contributed by atoms with Gasteiger partial charge in [-0.15, -0.1) is 0 Å². The van der Waals surface area contributed by atoms with E-state index in [0.29, 0.717) is 4.90 Å². The number of hydrogen-bond acceptors (Lipinski definition) is 2. The summed E-state index contributed by atoms with van der Waals surface area (Å²) in [5, 5.41) is 8.61. The smallest absolute Gasteiger partial charge is 0.406 e. The van der Waals surface area contributed by atoms with Crippen molar-refractivity contribution in [3.8, 4) is 0 Å². The van der Waals surface area contributed by atoms with Crippen LogP contribution in [0, 0.1) is 11.8 Å². The van der Waals surface area contributed by atoms with Crippen LogP contribution in [-0.4, -0.2) is 41.1 Å². The molecular formula is C10H16F3NO3. The van der Waals surface area contributed by atoms with Crippen molar-refractivity contribution >= 4 is 11.9 Å². The first-order chi connectivity index (χ1) is 7.54. The quantitative estimate of drug-likeness (QED) is 0.761. The zero-order chi connectivity index (χ0) is 13.8. The Balaban J connectivity index is 4.79. The van der Waals surface area contributed by atoms with Gasteiger partial charge in [-0.25, -0.2) is 0 Å². The Bertz CT molecular complexity index is 289. The first-order valence-corrected chi connectivity index (χ1v) is 5.13. The lowest BCUT2D eigenvalue weighted by molar-refractivity contribution is -0.168. The lowest BCUT2D eigenvalue weighted by Crippen LogP contribution is -2.45. The van der Waals surface area contributed by atoms with Crippen LogP contribution >= 0.6 is 0 Å². The standard InChI is InChI=1S/C10H16F3NO3/c1-6(2)4-14(5-10(11,12)13)8(15)7(3)9(16)17/h6-7H,4-5H2,1-3H3,(H,16,17). The summed E-state index contributed by atoms with van der Waals surface area (Å²) in [4.78, 5) is 22.7. The van der Waals surface area contributed by atoms with Crippen LogP contribution in [0.1, 0.15) is 20.8 Å². The average molecular weight is 255 g/mol. The summed E-state index contributed by atoms with van der Waals surface area (Å²) in [6.07, 6.45) is -4.53. The maximum atomic E-state index is 12.2. The molecule has 1 N–H and O–H groups in total. The van der Waals surface area contributed by atoms with Gasteiger partial charge >= 0.3 is 12.1 Å². The number of carboxylic acids is 1. The molecule has 0 saturated heterocycles. The summed E-state index contributed by atoms with van der Waals surface area (Å²) in [6.45, 7) is 2.86. The van der Waals surface area contributed by atoms with Gasteiger partial charge in [0, 0.05) is 6.54 Å². The highest BCUT2D eigenvalue weighted by atomic mass is 19.4. The van der Waals surface area contributed by atoms with Crippen molar-refractivity contribution < 1.29 is 27.9 Å². The molecule has 17 heavy (non-hydrogen) atoms. The Morgan fingerprint density at radius 1 is 1.24 bits per heavy atom. The van der Waals surface area contributed by atoms with Crippen LogP contribution in [0.5, 0.6) is 0 Å². The van der Waals surface area contributed by atoms with E-state index in [1.165, 1.54) is 0 Å². The van der Waals surface area contributed by atoms with Crippen LogP contribution in [0.25, 0.3) is 0 Å². The molecule has 0 aliphatic heterocycles. The van der Waals surface area contributed by atoms with E-state index < -0.39 is 30.5 Å². The van der Waals surface area contributed by atoms with E-state index in [9.17, 15) is 22.8 Å². The summed E-state index contributed by atoms with van der Waals surface area (Å²) in [7, 11) is 0. The summed E-state index contributed by atoms with van der Waals surface area (Å²) in [5.74, 6) is -4.06. The normalized spacial score (nSPS) is 13.6. The molecule has 0 fully saturated rings. The summed E-state index contributed by atoms with van der Waals surface area (Å²) in [6, 6.07) is 0. The highest BCUT2D eigenvalue weighted by Gasteiger charge is 2.36. The van der Waals surface area contributed by atoms with Crippen molar-refractivity contribution in [3.63, 3.8) is 0 Å². The fourth-order valence-corrected chi connectivity index (χ4v) is 1.27. The van der Waals surface area contributed by atoms with E-state index in [-0.39, 0.29) is 12.5 Å². The van der Waals surface area contributed by atoms with E-state index in [0.717, 1.165) is 6.92 Å². The highest BCUT2D eigenvalue weighted by Crippen LogP contribution is 2.19. The third kappa shape index (κ3) is 6.13. The van der Waals surface area contributed by atoms with Crippen LogP contribution in [0.2, 0.25) is 0 Å². The summed E-state index contributed by atoms with van der Waals surface area (Å²) < 4.78 is 36.7. The lowest BCUT2D eigenvalue weighted by atomic mass is 10.1. The molecular weight excluding hydrogens is 239 g/mol. The molecule has 0 spiro atoms. The SMILES string of the molecule is CC(C)CN(CC(F)(F)F)C(=O)C(C)C(=O)O. The molecule has 7 heteroatoms. The predicted molar refractivity (Wildman–Crippen MR) is 54.3 cm³/mol.